The molecule has 0 heterocycles. The first-order chi connectivity index (χ1) is 16.5. The van der Waals surface area contributed by atoms with Gasteiger partial charge in [-0.05, 0) is 84.8 Å². The van der Waals surface area contributed by atoms with Crippen LogP contribution in [0.3, 0.4) is 0 Å². The van der Waals surface area contributed by atoms with Gasteiger partial charge < -0.3 is 0 Å². The number of aryl methyl sites for hydroxylation is 2. The maximum Gasteiger partial charge on any atom is 0.00575 e. The van der Waals surface area contributed by atoms with Crippen LogP contribution >= 0.6 is 0 Å². The summed E-state index contributed by atoms with van der Waals surface area (Å²) < 4.78 is 0. The van der Waals surface area contributed by atoms with Gasteiger partial charge in [-0.15, -0.1) is 0 Å². The van der Waals surface area contributed by atoms with Crippen LogP contribution in [0.4, 0.5) is 0 Å². The van der Waals surface area contributed by atoms with E-state index in [-0.39, 0.29) is 0 Å². The van der Waals surface area contributed by atoms with Gasteiger partial charge >= 0.3 is 0 Å². The summed E-state index contributed by atoms with van der Waals surface area (Å²) in [5.41, 5.74) is 11.7. The molecular weight excluding hydrogens is 408 g/mol. The van der Waals surface area contributed by atoms with Crippen LogP contribution in [0.2, 0.25) is 0 Å². The molecular formula is C34H46. The fourth-order valence-corrected chi connectivity index (χ4v) is 6.58. The van der Waals surface area contributed by atoms with Crippen molar-refractivity contribution in [2.75, 3.05) is 0 Å². The largest absolute Gasteiger partial charge is 0.0949 e. The molecule has 0 aromatic heterocycles. The fraction of sp³-hybridized carbons (Fsp3) is 0.529. The van der Waals surface area contributed by atoms with Gasteiger partial charge in [-0.1, -0.05) is 119 Å². The SMILES string of the molecule is C=C(c1cc(C)ccc1C)C(CCC)CC1=Cc2cc(CC3CCCCC3)ccc2C1CCC. The molecule has 1 fully saturated rings. The molecule has 0 radical (unpaired) electrons. The lowest BCUT2D eigenvalue weighted by Crippen LogP contribution is -2.10. The third-order valence-electron chi connectivity index (χ3n) is 8.49. The Labute approximate surface area is 209 Å². The Morgan fingerprint density at radius 2 is 1.76 bits per heavy atom. The van der Waals surface area contributed by atoms with Gasteiger partial charge in [0.1, 0.15) is 0 Å². The Bertz CT molecular complexity index is 1010. The quantitative estimate of drug-likeness (QED) is 0.335. The highest BCUT2D eigenvalue weighted by Crippen LogP contribution is 2.45. The molecule has 0 bridgehead atoms. The topological polar surface area (TPSA) is 0 Å². The molecule has 2 atom stereocenters. The number of hydrogen-bond acceptors (Lipinski definition) is 0. The number of rotatable bonds is 10. The highest BCUT2D eigenvalue weighted by molar-refractivity contribution is 5.71. The highest BCUT2D eigenvalue weighted by Gasteiger charge is 2.28. The lowest BCUT2D eigenvalue weighted by atomic mass is 9.80. The second kappa shape index (κ2) is 11.6. The minimum atomic E-state index is 0.520. The Morgan fingerprint density at radius 3 is 2.50 bits per heavy atom. The normalized spacial score (nSPS) is 19.1. The first kappa shape index (κ1) is 25.0. The van der Waals surface area contributed by atoms with Crippen molar-refractivity contribution in [3.63, 3.8) is 0 Å². The molecule has 2 unspecified atom stereocenters. The van der Waals surface area contributed by atoms with Crippen LogP contribution in [-0.4, -0.2) is 0 Å². The molecule has 2 aliphatic rings. The van der Waals surface area contributed by atoms with Gasteiger partial charge in [0.15, 0.2) is 0 Å². The zero-order valence-corrected chi connectivity index (χ0v) is 22.3. The lowest BCUT2D eigenvalue weighted by Gasteiger charge is -2.25. The average molecular weight is 455 g/mol. The molecule has 0 N–H and O–H groups in total. The fourth-order valence-electron chi connectivity index (χ4n) is 6.58. The van der Waals surface area contributed by atoms with E-state index in [1.807, 2.05) is 0 Å². The molecule has 2 aliphatic carbocycles. The highest BCUT2D eigenvalue weighted by atomic mass is 14.3. The van der Waals surface area contributed by atoms with E-state index in [1.54, 1.807) is 16.7 Å². The van der Waals surface area contributed by atoms with Crippen molar-refractivity contribution < 1.29 is 0 Å². The van der Waals surface area contributed by atoms with Gasteiger partial charge in [0.25, 0.3) is 0 Å². The molecule has 0 amide bonds. The summed E-state index contributed by atoms with van der Waals surface area (Å²) >= 11 is 0. The van der Waals surface area contributed by atoms with E-state index >= 15 is 0 Å². The Balaban J connectivity index is 1.57. The summed E-state index contributed by atoms with van der Waals surface area (Å²) in [6.07, 6.45) is 17.1. The molecule has 4 rings (SSSR count). The van der Waals surface area contributed by atoms with Crippen molar-refractivity contribution in [3.05, 3.63) is 81.9 Å². The lowest BCUT2D eigenvalue weighted by molar-refractivity contribution is 0.356. The van der Waals surface area contributed by atoms with E-state index < -0.39 is 0 Å². The molecule has 2 aromatic rings. The van der Waals surface area contributed by atoms with E-state index in [0.29, 0.717) is 11.8 Å². The van der Waals surface area contributed by atoms with Gasteiger partial charge in [0.05, 0.1) is 0 Å². The zero-order valence-electron chi connectivity index (χ0n) is 22.3. The number of hydrogen-bond donors (Lipinski definition) is 0. The van der Waals surface area contributed by atoms with Crippen molar-refractivity contribution in [2.45, 2.75) is 104 Å². The predicted octanol–water partition coefficient (Wildman–Crippen LogP) is 10.2. The zero-order chi connectivity index (χ0) is 24.1. The average Bonchev–Trinajstić information content (AvgIpc) is 3.17. The standard InChI is InChI=1S/C34H46/c1-6-11-29(26(5)34-19-24(3)15-16-25(34)4)22-31-23-30-21-28(20-27-13-9-8-10-14-27)17-18-33(30)32(31)12-7-2/h15-19,21,23,27,29,32H,5-14,20,22H2,1-4H3. The first-order valence-electron chi connectivity index (χ1n) is 14.1. The van der Waals surface area contributed by atoms with Crippen LogP contribution in [0, 0.1) is 25.7 Å². The van der Waals surface area contributed by atoms with E-state index in [2.05, 4.69) is 76.7 Å². The first-order valence-corrected chi connectivity index (χ1v) is 14.1. The minimum Gasteiger partial charge on any atom is -0.0949 e. The molecule has 34 heavy (non-hydrogen) atoms. The summed E-state index contributed by atoms with van der Waals surface area (Å²) in [5, 5.41) is 0. The van der Waals surface area contributed by atoms with Gasteiger partial charge in [0.2, 0.25) is 0 Å². The molecule has 0 aliphatic heterocycles. The Hall–Kier alpha value is -2.08. The van der Waals surface area contributed by atoms with Crippen molar-refractivity contribution in [2.24, 2.45) is 11.8 Å². The monoisotopic (exact) mass is 454 g/mol. The smallest absolute Gasteiger partial charge is 0.00575 e. The van der Waals surface area contributed by atoms with Crippen molar-refractivity contribution >= 4 is 11.6 Å². The van der Waals surface area contributed by atoms with E-state index in [9.17, 15) is 0 Å². The molecule has 0 nitrogen and oxygen atoms in total. The summed E-state index contributed by atoms with van der Waals surface area (Å²) in [5.74, 6) is 2.01. The van der Waals surface area contributed by atoms with E-state index in [4.69, 9.17) is 0 Å². The van der Waals surface area contributed by atoms with Crippen molar-refractivity contribution in [1.29, 1.82) is 0 Å². The number of fused-ring (bicyclic) bond motifs is 1. The second-order valence-corrected chi connectivity index (χ2v) is 11.3. The van der Waals surface area contributed by atoms with Gasteiger partial charge in [-0.2, -0.15) is 0 Å². The summed E-state index contributed by atoms with van der Waals surface area (Å²) in [7, 11) is 0. The Kier molecular flexibility index (Phi) is 8.51. The van der Waals surface area contributed by atoms with Crippen LogP contribution in [0.15, 0.2) is 48.6 Å². The van der Waals surface area contributed by atoms with Crippen LogP contribution in [0.5, 0.6) is 0 Å². The maximum absolute atomic E-state index is 4.66. The molecule has 1 saturated carbocycles. The molecule has 0 spiro atoms. The Morgan fingerprint density at radius 1 is 0.971 bits per heavy atom. The molecule has 2 aromatic carbocycles. The number of allylic oxidation sites excluding steroid dienone is 2. The van der Waals surface area contributed by atoms with Crippen LogP contribution in [-0.2, 0) is 6.42 Å². The van der Waals surface area contributed by atoms with Crippen molar-refractivity contribution in [3.8, 4) is 0 Å². The molecule has 0 heteroatoms. The van der Waals surface area contributed by atoms with E-state index in [0.717, 1.165) is 12.3 Å². The van der Waals surface area contributed by atoms with Gasteiger partial charge in [-0.3, -0.25) is 0 Å². The minimum absolute atomic E-state index is 0.520. The maximum atomic E-state index is 4.66. The molecule has 0 saturated heterocycles. The second-order valence-electron chi connectivity index (χ2n) is 11.3. The van der Waals surface area contributed by atoms with Crippen molar-refractivity contribution in [1.82, 2.24) is 0 Å². The summed E-state index contributed by atoms with van der Waals surface area (Å²) in [6, 6.07) is 14.3. The summed E-state index contributed by atoms with van der Waals surface area (Å²) in [6.45, 7) is 13.8. The van der Waals surface area contributed by atoms with Gasteiger partial charge in [-0.25, -0.2) is 0 Å². The number of benzene rings is 2. The third kappa shape index (κ3) is 5.76. The summed E-state index contributed by atoms with van der Waals surface area (Å²) in [4.78, 5) is 0. The molecule has 182 valence electrons. The van der Waals surface area contributed by atoms with Crippen LogP contribution < -0.4 is 0 Å². The van der Waals surface area contributed by atoms with E-state index in [1.165, 1.54) is 92.0 Å². The van der Waals surface area contributed by atoms with Crippen LogP contribution in [0.1, 0.15) is 117 Å². The van der Waals surface area contributed by atoms with Crippen LogP contribution in [0.25, 0.3) is 11.6 Å². The van der Waals surface area contributed by atoms with Gasteiger partial charge in [0, 0.05) is 5.92 Å². The third-order valence-corrected chi connectivity index (χ3v) is 8.49. The predicted molar refractivity (Wildman–Crippen MR) is 150 cm³/mol.